The van der Waals surface area contributed by atoms with Gasteiger partial charge in [0.25, 0.3) is 0 Å². The molecule has 1 N–H and O–H groups in total. The van der Waals surface area contributed by atoms with Crippen LogP contribution in [0.2, 0.25) is 5.02 Å². The first kappa shape index (κ1) is 23.8. The zero-order valence-corrected chi connectivity index (χ0v) is 16.1. The van der Waals surface area contributed by atoms with E-state index in [0.29, 0.717) is 5.92 Å². The van der Waals surface area contributed by atoms with Crippen LogP contribution < -0.4 is 5.32 Å². The minimum Gasteiger partial charge on any atom is -0.314 e. The molecular formula is C16H24Cl3F3N2. The van der Waals surface area contributed by atoms with Crippen molar-refractivity contribution in [3.8, 4) is 0 Å². The van der Waals surface area contributed by atoms with Crippen LogP contribution in [0.25, 0.3) is 0 Å². The van der Waals surface area contributed by atoms with Crippen LogP contribution in [0, 0.1) is 5.92 Å². The average molecular weight is 408 g/mol. The quantitative estimate of drug-likeness (QED) is 0.738. The minimum atomic E-state index is -4.41. The molecule has 2 nitrogen and oxygen atoms in total. The molecule has 1 heterocycles. The Morgan fingerprint density at radius 3 is 2.25 bits per heavy atom. The number of piperazine rings is 1. The first-order chi connectivity index (χ1) is 10.3. The van der Waals surface area contributed by atoms with Gasteiger partial charge in [0.15, 0.2) is 0 Å². The smallest absolute Gasteiger partial charge is 0.314 e. The molecule has 1 aliphatic heterocycles. The summed E-state index contributed by atoms with van der Waals surface area (Å²) >= 11 is 5.89. The maximum atomic E-state index is 12.9. The van der Waals surface area contributed by atoms with E-state index in [4.69, 9.17) is 11.6 Å². The number of benzene rings is 1. The number of rotatable bonds is 4. The summed E-state index contributed by atoms with van der Waals surface area (Å²) in [4.78, 5) is 2.34. The van der Waals surface area contributed by atoms with Crippen molar-refractivity contribution in [1.29, 1.82) is 0 Å². The van der Waals surface area contributed by atoms with Crippen molar-refractivity contribution in [2.24, 2.45) is 5.92 Å². The van der Waals surface area contributed by atoms with Crippen LogP contribution in [0.1, 0.15) is 37.4 Å². The van der Waals surface area contributed by atoms with Gasteiger partial charge < -0.3 is 5.32 Å². The molecule has 1 aromatic rings. The lowest BCUT2D eigenvalue weighted by atomic mass is 9.90. The number of alkyl halides is 3. The molecule has 140 valence electrons. The molecule has 0 saturated carbocycles. The fraction of sp³-hybridized carbons (Fsp3) is 0.625. The number of hydrogen-bond donors (Lipinski definition) is 1. The van der Waals surface area contributed by atoms with Gasteiger partial charge in [0.2, 0.25) is 0 Å². The van der Waals surface area contributed by atoms with Crippen LogP contribution in [-0.2, 0) is 6.18 Å². The highest BCUT2D eigenvalue weighted by molar-refractivity contribution is 6.31. The highest BCUT2D eigenvalue weighted by Crippen LogP contribution is 2.38. The topological polar surface area (TPSA) is 15.3 Å². The molecule has 8 heteroatoms. The van der Waals surface area contributed by atoms with Crippen LogP contribution in [0.4, 0.5) is 13.2 Å². The lowest BCUT2D eigenvalue weighted by molar-refractivity contribution is -0.137. The Bertz CT molecular complexity index is 506. The van der Waals surface area contributed by atoms with Crippen LogP contribution in [0.3, 0.4) is 0 Å². The molecule has 1 saturated heterocycles. The van der Waals surface area contributed by atoms with Gasteiger partial charge >= 0.3 is 6.18 Å². The van der Waals surface area contributed by atoms with E-state index in [1.807, 2.05) is 0 Å². The normalized spacial score (nSPS) is 18.2. The number of nitrogens with one attached hydrogen (secondary N) is 1. The lowest BCUT2D eigenvalue weighted by Crippen LogP contribution is -2.46. The van der Waals surface area contributed by atoms with E-state index in [1.165, 1.54) is 6.07 Å². The van der Waals surface area contributed by atoms with Crippen molar-refractivity contribution in [2.75, 3.05) is 26.2 Å². The van der Waals surface area contributed by atoms with E-state index >= 15 is 0 Å². The van der Waals surface area contributed by atoms with Crippen molar-refractivity contribution in [2.45, 2.75) is 32.5 Å². The van der Waals surface area contributed by atoms with Gasteiger partial charge in [0, 0.05) is 32.2 Å². The van der Waals surface area contributed by atoms with Gasteiger partial charge in [-0.05, 0) is 23.6 Å². The molecule has 24 heavy (non-hydrogen) atoms. The maximum absolute atomic E-state index is 12.9. The summed E-state index contributed by atoms with van der Waals surface area (Å²) < 4.78 is 38.6. The third-order valence-corrected chi connectivity index (χ3v) is 4.68. The second-order valence-electron chi connectivity index (χ2n) is 5.85. The van der Waals surface area contributed by atoms with Crippen LogP contribution >= 0.6 is 36.4 Å². The SMILES string of the molecule is CCC(C)[C@H](c1ccc(C(F)(F)F)c(Cl)c1)N1CCNCC1.Cl.Cl. The van der Waals surface area contributed by atoms with E-state index in [1.54, 1.807) is 6.07 Å². The fourth-order valence-electron chi connectivity index (χ4n) is 3.03. The van der Waals surface area contributed by atoms with Crippen molar-refractivity contribution >= 4 is 36.4 Å². The van der Waals surface area contributed by atoms with Crippen molar-refractivity contribution in [1.82, 2.24) is 10.2 Å². The molecule has 0 bridgehead atoms. The molecular weight excluding hydrogens is 384 g/mol. The predicted molar refractivity (Wildman–Crippen MR) is 97.6 cm³/mol. The summed E-state index contributed by atoms with van der Waals surface area (Å²) in [6.07, 6.45) is -3.44. The summed E-state index contributed by atoms with van der Waals surface area (Å²) in [6.45, 7) is 7.84. The Balaban J connectivity index is 0.00000264. The number of halogens is 6. The molecule has 1 aromatic carbocycles. The maximum Gasteiger partial charge on any atom is 0.417 e. The first-order valence-electron chi connectivity index (χ1n) is 7.66. The zero-order chi connectivity index (χ0) is 16.3. The second-order valence-corrected chi connectivity index (χ2v) is 6.26. The van der Waals surface area contributed by atoms with Gasteiger partial charge in [-0.3, -0.25) is 4.90 Å². The second kappa shape index (κ2) is 10.1. The van der Waals surface area contributed by atoms with Crippen molar-refractivity contribution in [3.63, 3.8) is 0 Å². The molecule has 0 aliphatic carbocycles. The third kappa shape index (κ3) is 5.67. The van der Waals surface area contributed by atoms with Gasteiger partial charge in [0.05, 0.1) is 10.6 Å². The van der Waals surface area contributed by atoms with Gasteiger partial charge in [0.1, 0.15) is 0 Å². The van der Waals surface area contributed by atoms with Gasteiger partial charge in [-0.2, -0.15) is 13.2 Å². The molecule has 0 amide bonds. The molecule has 1 fully saturated rings. The average Bonchev–Trinajstić information content (AvgIpc) is 2.47. The number of nitrogens with zero attached hydrogens (tertiary/aromatic N) is 1. The first-order valence-corrected chi connectivity index (χ1v) is 8.03. The highest BCUT2D eigenvalue weighted by atomic mass is 35.5. The Labute approximate surface area is 158 Å². The summed E-state index contributed by atoms with van der Waals surface area (Å²) in [5.74, 6) is 0.353. The van der Waals surface area contributed by atoms with Crippen LogP contribution in [0.15, 0.2) is 18.2 Å². The molecule has 2 atom stereocenters. The lowest BCUT2D eigenvalue weighted by Gasteiger charge is -2.38. The highest BCUT2D eigenvalue weighted by Gasteiger charge is 2.34. The van der Waals surface area contributed by atoms with Crippen molar-refractivity contribution in [3.05, 3.63) is 34.3 Å². The van der Waals surface area contributed by atoms with Gasteiger partial charge in [-0.1, -0.05) is 37.9 Å². The van der Waals surface area contributed by atoms with E-state index in [2.05, 4.69) is 24.1 Å². The standard InChI is InChI=1S/C16H22ClF3N2.2ClH/c1-3-11(2)15(22-8-6-21-7-9-22)12-4-5-13(14(17)10-12)16(18,19)20;;/h4-5,10-11,15,21H,3,6-9H2,1-2H3;2*1H/t11?,15-;;/m1../s1. The largest absolute Gasteiger partial charge is 0.417 e. The molecule has 1 aliphatic rings. The molecule has 0 spiro atoms. The Morgan fingerprint density at radius 1 is 1.21 bits per heavy atom. The van der Waals surface area contributed by atoms with Gasteiger partial charge in [-0.25, -0.2) is 0 Å². The Morgan fingerprint density at radius 2 is 1.79 bits per heavy atom. The molecule has 1 unspecified atom stereocenters. The fourth-order valence-corrected chi connectivity index (χ4v) is 3.32. The van der Waals surface area contributed by atoms with E-state index in [9.17, 15) is 13.2 Å². The van der Waals surface area contributed by atoms with Crippen LogP contribution in [0.5, 0.6) is 0 Å². The van der Waals surface area contributed by atoms with Gasteiger partial charge in [-0.15, -0.1) is 24.8 Å². The summed E-state index contributed by atoms with van der Waals surface area (Å²) in [6, 6.07) is 4.28. The summed E-state index contributed by atoms with van der Waals surface area (Å²) in [5, 5.41) is 3.09. The minimum absolute atomic E-state index is 0. The van der Waals surface area contributed by atoms with E-state index in [0.717, 1.165) is 44.2 Å². The monoisotopic (exact) mass is 406 g/mol. The Hall–Kier alpha value is -0.200. The zero-order valence-electron chi connectivity index (χ0n) is 13.7. The predicted octanol–water partition coefficient (Wildman–Crippen LogP) is 5.19. The van der Waals surface area contributed by atoms with Crippen LogP contribution in [-0.4, -0.2) is 31.1 Å². The number of hydrogen-bond acceptors (Lipinski definition) is 2. The van der Waals surface area contributed by atoms with E-state index < -0.39 is 11.7 Å². The Kier molecular flexibility index (Phi) is 9.99. The van der Waals surface area contributed by atoms with Crippen molar-refractivity contribution < 1.29 is 13.2 Å². The summed E-state index contributed by atoms with van der Waals surface area (Å²) in [5.41, 5.74) is 0.107. The van der Waals surface area contributed by atoms with E-state index in [-0.39, 0.29) is 35.9 Å². The summed E-state index contributed by atoms with van der Waals surface area (Å²) in [7, 11) is 0. The molecule has 0 aromatic heterocycles. The third-order valence-electron chi connectivity index (χ3n) is 4.37. The molecule has 2 rings (SSSR count). The molecule has 0 radical (unpaired) electrons.